The summed E-state index contributed by atoms with van der Waals surface area (Å²) < 4.78 is 36.0. The van der Waals surface area contributed by atoms with Gasteiger partial charge in [-0.3, -0.25) is 9.59 Å². The average Bonchev–Trinajstić information content (AvgIpc) is 2.25. The third-order valence-electron chi connectivity index (χ3n) is 2.07. The maximum Gasteiger partial charge on any atom is 0.471 e. The Morgan fingerprint density at radius 1 is 1.28 bits per heavy atom. The lowest BCUT2D eigenvalue weighted by molar-refractivity contribution is -0.167. The summed E-state index contributed by atoms with van der Waals surface area (Å²) in [6.07, 6.45) is -4.89. The van der Waals surface area contributed by atoms with E-state index in [0.29, 0.717) is 5.56 Å². The van der Waals surface area contributed by atoms with Crippen LogP contribution >= 0.6 is 0 Å². The molecule has 1 rings (SSSR count). The zero-order chi connectivity index (χ0) is 13.8. The van der Waals surface area contributed by atoms with Crippen LogP contribution in [0.3, 0.4) is 0 Å². The number of anilines is 1. The van der Waals surface area contributed by atoms with E-state index < -0.39 is 18.1 Å². The van der Waals surface area contributed by atoms with Crippen LogP contribution in [0, 0.1) is 0 Å². The molecular weight excluding hydrogens is 251 g/mol. The summed E-state index contributed by atoms with van der Waals surface area (Å²) in [6.45, 7) is 0. The minimum atomic E-state index is -4.95. The molecule has 1 amide bonds. The second kappa shape index (κ2) is 5.52. The zero-order valence-electron chi connectivity index (χ0n) is 9.12. The first-order chi connectivity index (χ1) is 8.29. The summed E-state index contributed by atoms with van der Waals surface area (Å²) in [6, 6.07) is 5.63. The molecule has 18 heavy (non-hydrogen) atoms. The summed E-state index contributed by atoms with van der Waals surface area (Å²) >= 11 is 0. The van der Waals surface area contributed by atoms with Gasteiger partial charge < -0.3 is 10.4 Å². The minimum Gasteiger partial charge on any atom is -0.481 e. The molecule has 1 aromatic carbocycles. The number of carboxylic acids is 1. The van der Waals surface area contributed by atoms with Gasteiger partial charge in [0, 0.05) is 12.1 Å². The molecule has 0 heterocycles. The van der Waals surface area contributed by atoms with Gasteiger partial charge in [-0.25, -0.2) is 0 Å². The number of nitrogens with one attached hydrogen (secondary N) is 1. The molecule has 0 aromatic heterocycles. The van der Waals surface area contributed by atoms with E-state index >= 15 is 0 Å². The van der Waals surface area contributed by atoms with Crippen molar-refractivity contribution in [2.24, 2.45) is 0 Å². The summed E-state index contributed by atoms with van der Waals surface area (Å²) in [5.41, 5.74) is 0.526. The minimum absolute atomic E-state index is 0.0137. The Hall–Kier alpha value is -2.05. The second-order valence-electron chi connectivity index (χ2n) is 3.55. The van der Waals surface area contributed by atoms with Gasteiger partial charge in [0.25, 0.3) is 0 Å². The molecule has 0 saturated heterocycles. The molecule has 0 radical (unpaired) electrons. The van der Waals surface area contributed by atoms with Gasteiger partial charge in [-0.2, -0.15) is 13.2 Å². The molecule has 0 bridgehead atoms. The van der Waals surface area contributed by atoms with Crippen molar-refractivity contribution < 1.29 is 27.9 Å². The van der Waals surface area contributed by atoms with Crippen molar-refractivity contribution in [2.75, 3.05) is 5.32 Å². The van der Waals surface area contributed by atoms with Crippen LogP contribution in [0.5, 0.6) is 0 Å². The fourth-order valence-electron chi connectivity index (χ4n) is 1.26. The quantitative estimate of drug-likeness (QED) is 0.873. The molecule has 0 atom stereocenters. The van der Waals surface area contributed by atoms with E-state index in [4.69, 9.17) is 5.11 Å². The van der Waals surface area contributed by atoms with E-state index in [1.54, 1.807) is 11.4 Å². The Labute approximate surface area is 100 Å². The number of halogens is 3. The van der Waals surface area contributed by atoms with Crippen LogP contribution in [0.1, 0.15) is 12.0 Å². The lowest BCUT2D eigenvalue weighted by atomic mass is 10.1. The van der Waals surface area contributed by atoms with Crippen molar-refractivity contribution in [3.63, 3.8) is 0 Å². The lowest BCUT2D eigenvalue weighted by Crippen LogP contribution is -2.29. The second-order valence-corrected chi connectivity index (χ2v) is 3.55. The number of benzene rings is 1. The summed E-state index contributed by atoms with van der Waals surface area (Å²) in [5, 5.41) is 10.2. The fourth-order valence-corrected chi connectivity index (χ4v) is 1.26. The molecule has 0 fully saturated rings. The third kappa shape index (κ3) is 4.44. The highest BCUT2D eigenvalue weighted by Gasteiger charge is 2.38. The molecule has 7 heteroatoms. The normalized spacial score (nSPS) is 11.1. The average molecular weight is 261 g/mol. The predicted molar refractivity (Wildman–Crippen MR) is 57.1 cm³/mol. The van der Waals surface area contributed by atoms with Crippen LogP contribution in [0.2, 0.25) is 0 Å². The Morgan fingerprint density at radius 2 is 1.94 bits per heavy atom. The predicted octanol–water partition coefficient (Wildman–Crippen LogP) is 2.20. The molecular formula is C11H10F3NO3. The van der Waals surface area contributed by atoms with Crippen LogP contribution in [-0.2, 0) is 16.0 Å². The number of carboxylic acid groups (broad SMARTS) is 1. The molecule has 0 aliphatic rings. The number of hydrogen-bond acceptors (Lipinski definition) is 2. The van der Waals surface area contributed by atoms with Crippen molar-refractivity contribution in [2.45, 2.75) is 19.0 Å². The van der Waals surface area contributed by atoms with Crippen LogP contribution in [-0.4, -0.2) is 23.2 Å². The van der Waals surface area contributed by atoms with Gasteiger partial charge in [0.1, 0.15) is 0 Å². The van der Waals surface area contributed by atoms with E-state index in [2.05, 4.69) is 0 Å². The van der Waals surface area contributed by atoms with Crippen molar-refractivity contribution in [1.82, 2.24) is 0 Å². The Bertz CT molecular complexity index is 457. The first-order valence-electron chi connectivity index (χ1n) is 4.98. The highest BCUT2D eigenvalue weighted by molar-refractivity contribution is 5.94. The van der Waals surface area contributed by atoms with Crippen molar-refractivity contribution in [3.8, 4) is 0 Å². The number of carbonyl (C=O) groups is 2. The number of aliphatic carboxylic acids is 1. The molecule has 0 unspecified atom stereocenters. The van der Waals surface area contributed by atoms with Crippen molar-refractivity contribution >= 4 is 17.6 Å². The molecule has 0 aliphatic heterocycles. The van der Waals surface area contributed by atoms with Crippen LogP contribution < -0.4 is 5.32 Å². The Balaban J connectivity index is 2.70. The van der Waals surface area contributed by atoms with Gasteiger partial charge in [0.15, 0.2) is 0 Å². The summed E-state index contributed by atoms with van der Waals surface area (Å²) in [4.78, 5) is 21.0. The Kier molecular flexibility index (Phi) is 4.30. The maximum absolute atomic E-state index is 12.0. The van der Waals surface area contributed by atoms with E-state index in [0.717, 1.165) is 0 Å². The Morgan fingerprint density at radius 3 is 2.50 bits per heavy atom. The molecule has 0 spiro atoms. The molecule has 0 saturated carbocycles. The number of amides is 1. The number of rotatable bonds is 4. The van der Waals surface area contributed by atoms with Gasteiger partial charge >= 0.3 is 18.1 Å². The first-order valence-corrected chi connectivity index (χ1v) is 4.98. The van der Waals surface area contributed by atoms with E-state index in [1.807, 2.05) is 0 Å². The van der Waals surface area contributed by atoms with Gasteiger partial charge in [-0.15, -0.1) is 0 Å². The highest BCUT2D eigenvalue weighted by Crippen LogP contribution is 2.19. The van der Waals surface area contributed by atoms with E-state index in [9.17, 15) is 22.8 Å². The molecule has 4 nitrogen and oxygen atoms in total. The highest BCUT2D eigenvalue weighted by atomic mass is 19.4. The number of carbonyl (C=O) groups excluding carboxylic acids is 1. The number of aryl methyl sites for hydroxylation is 1. The number of hydrogen-bond donors (Lipinski definition) is 2. The largest absolute Gasteiger partial charge is 0.481 e. The van der Waals surface area contributed by atoms with Crippen LogP contribution in [0.4, 0.5) is 18.9 Å². The first kappa shape index (κ1) is 14.0. The number of alkyl halides is 3. The third-order valence-corrected chi connectivity index (χ3v) is 2.07. The van der Waals surface area contributed by atoms with Crippen LogP contribution in [0.25, 0.3) is 0 Å². The zero-order valence-corrected chi connectivity index (χ0v) is 9.12. The fraction of sp³-hybridized carbons (Fsp3) is 0.273. The van der Waals surface area contributed by atoms with Gasteiger partial charge in [-0.05, 0) is 24.1 Å². The molecule has 98 valence electrons. The topological polar surface area (TPSA) is 66.4 Å². The van der Waals surface area contributed by atoms with E-state index in [-0.39, 0.29) is 18.5 Å². The lowest BCUT2D eigenvalue weighted by Gasteiger charge is -2.08. The van der Waals surface area contributed by atoms with Gasteiger partial charge in [0.2, 0.25) is 0 Å². The van der Waals surface area contributed by atoms with Crippen molar-refractivity contribution in [1.29, 1.82) is 0 Å². The molecule has 0 aliphatic carbocycles. The van der Waals surface area contributed by atoms with Crippen molar-refractivity contribution in [3.05, 3.63) is 29.8 Å². The summed E-state index contributed by atoms with van der Waals surface area (Å²) in [5.74, 6) is -3.06. The standard InChI is InChI=1S/C11H10F3NO3/c12-11(13,14)10(18)15-8-3-1-2-7(6-8)4-5-9(16)17/h1-3,6H,4-5H2,(H,15,18)(H,16,17). The SMILES string of the molecule is O=C(O)CCc1cccc(NC(=O)C(F)(F)F)c1. The monoisotopic (exact) mass is 261 g/mol. The smallest absolute Gasteiger partial charge is 0.471 e. The molecule has 1 aromatic rings. The van der Waals surface area contributed by atoms with Gasteiger partial charge in [-0.1, -0.05) is 12.1 Å². The van der Waals surface area contributed by atoms with E-state index in [1.165, 1.54) is 18.2 Å². The summed E-state index contributed by atoms with van der Waals surface area (Å²) in [7, 11) is 0. The van der Waals surface area contributed by atoms with Gasteiger partial charge in [0.05, 0.1) is 0 Å². The maximum atomic E-state index is 12.0. The molecule has 2 N–H and O–H groups in total. The van der Waals surface area contributed by atoms with Crippen LogP contribution in [0.15, 0.2) is 24.3 Å².